The lowest BCUT2D eigenvalue weighted by atomic mass is 9.63. The van der Waals surface area contributed by atoms with Crippen molar-refractivity contribution in [3.8, 4) is 0 Å². The molecule has 0 aromatic carbocycles. The van der Waals surface area contributed by atoms with E-state index in [0.29, 0.717) is 12.5 Å². The Balaban J connectivity index is 4.74. The van der Waals surface area contributed by atoms with Crippen LogP contribution in [0.25, 0.3) is 0 Å². The molecule has 0 aliphatic rings. The zero-order valence-corrected chi connectivity index (χ0v) is 10.7. The summed E-state index contributed by atoms with van der Waals surface area (Å²) in [6.45, 7) is 14.3. The first-order valence-corrected chi connectivity index (χ1v) is 5.56. The fourth-order valence-corrected chi connectivity index (χ4v) is 2.94. The van der Waals surface area contributed by atoms with Gasteiger partial charge in [-0.3, -0.25) is 0 Å². The van der Waals surface area contributed by atoms with Crippen molar-refractivity contribution in [3.63, 3.8) is 0 Å². The van der Waals surface area contributed by atoms with Gasteiger partial charge in [-0.05, 0) is 29.7 Å². The molecule has 0 spiro atoms. The monoisotopic (exact) mass is 200 g/mol. The second-order valence-electron chi connectivity index (χ2n) is 6.45. The highest BCUT2D eigenvalue weighted by Crippen LogP contribution is 2.42. The van der Waals surface area contributed by atoms with Crippen LogP contribution in [0.5, 0.6) is 0 Å². The molecule has 0 saturated heterocycles. The van der Waals surface area contributed by atoms with Crippen LogP contribution in [-0.2, 0) is 0 Å². The van der Waals surface area contributed by atoms with Crippen molar-refractivity contribution in [3.05, 3.63) is 0 Å². The molecule has 0 fully saturated rings. The highest BCUT2D eigenvalue weighted by atomic mass is 14.7. The first kappa shape index (κ1) is 13.9. The number of hydrogen-bond acceptors (Lipinski definition) is 2. The molecule has 0 aliphatic carbocycles. The van der Waals surface area contributed by atoms with Crippen molar-refractivity contribution >= 4 is 0 Å². The van der Waals surface area contributed by atoms with E-state index in [2.05, 4.69) is 41.5 Å². The van der Waals surface area contributed by atoms with Gasteiger partial charge in [-0.1, -0.05) is 41.5 Å². The van der Waals surface area contributed by atoms with Crippen LogP contribution < -0.4 is 11.5 Å². The molecule has 0 saturated carbocycles. The molecule has 2 heteroatoms. The summed E-state index contributed by atoms with van der Waals surface area (Å²) in [5, 5.41) is 0. The largest absolute Gasteiger partial charge is 0.330 e. The van der Waals surface area contributed by atoms with Gasteiger partial charge in [0.05, 0.1) is 0 Å². The Morgan fingerprint density at radius 1 is 0.929 bits per heavy atom. The highest BCUT2D eigenvalue weighted by Gasteiger charge is 2.38. The quantitative estimate of drug-likeness (QED) is 0.735. The Morgan fingerprint density at radius 2 is 1.29 bits per heavy atom. The minimum atomic E-state index is 0.208. The van der Waals surface area contributed by atoms with Crippen molar-refractivity contribution in [1.82, 2.24) is 0 Å². The van der Waals surface area contributed by atoms with E-state index >= 15 is 0 Å². The van der Waals surface area contributed by atoms with E-state index in [0.717, 1.165) is 6.42 Å². The third kappa shape index (κ3) is 3.97. The molecule has 86 valence electrons. The van der Waals surface area contributed by atoms with Crippen LogP contribution in [0.15, 0.2) is 0 Å². The second-order valence-corrected chi connectivity index (χ2v) is 6.45. The SMILES string of the molecule is CC(C)(C)C(C(N)CCN)C(C)(C)C. The number of nitrogens with two attached hydrogens (primary N) is 2. The van der Waals surface area contributed by atoms with Crippen LogP contribution >= 0.6 is 0 Å². The van der Waals surface area contributed by atoms with Gasteiger partial charge in [-0.15, -0.1) is 0 Å². The van der Waals surface area contributed by atoms with Crippen LogP contribution in [0, 0.1) is 16.7 Å². The Bertz CT molecular complexity index is 148. The summed E-state index contributed by atoms with van der Waals surface area (Å²) in [5.74, 6) is 0.499. The van der Waals surface area contributed by atoms with E-state index in [-0.39, 0.29) is 16.9 Å². The summed E-state index contributed by atoms with van der Waals surface area (Å²) in [7, 11) is 0. The van der Waals surface area contributed by atoms with E-state index in [1.165, 1.54) is 0 Å². The molecule has 1 atom stereocenters. The summed E-state index contributed by atoms with van der Waals surface area (Å²) in [6, 6.07) is 0.208. The van der Waals surface area contributed by atoms with Gasteiger partial charge in [0, 0.05) is 6.04 Å². The molecule has 2 nitrogen and oxygen atoms in total. The van der Waals surface area contributed by atoms with Crippen molar-refractivity contribution in [2.24, 2.45) is 28.2 Å². The molecule has 0 aromatic heterocycles. The predicted octanol–water partition coefficient (Wildman–Crippen LogP) is 2.37. The summed E-state index contributed by atoms with van der Waals surface area (Å²) >= 11 is 0. The van der Waals surface area contributed by atoms with Gasteiger partial charge >= 0.3 is 0 Å². The van der Waals surface area contributed by atoms with Gasteiger partial charge < -0.3 is 11.5 Å². The van der Waals surface area contributed by atoms with E-state index in [1.807, 2.05) is 0 Å². The van der Waals surface area contributed by atoms with E-state index < -0.39 is 0 Å². The van der Waals surface area contributed by atoms with Gasteiger partial charge in [0.2, 0.25) is 0 Å². The minimum absolute atomic E-state index is 0.208. The lowest BCUT2D eigenvalue weighted by Gasteiger charge is -2.44. The fourth-order valence-electron chi connectivity index (χ4n) is 2.94. The smallest absolute Gasteiger partial charge is 0.00891 e. The molecule has 0 heterocycles. The minimum Gasteiger partial charge on any atom is -0.330 e. The molecular formula is C12H28N2. The van der Waals surface area contributed by atoms with Crippen LogP contribution in [0.1, 0.15) is 48.0 Å². The summed E-state index contributed by atoms with van der Waals surface area (Å²) in [5.41, 5.74) is 12.3. The molecule has 1 unspecified atom stereocenters. The molecule has 0 bridgehead atoms. The Morgan fingerprint density at radius 3 is 1.50 bits per heavy atom. The topological polar surface area (TPSA) is 52.0 Å². The highest BCUT2D eigenvalue weighted by molar-refractivity contribution is 4.90. The first-order chi connectivity index (χ1) is 6.10. The van der Waals surface area contributed by atoms with Gasteiger partial charge in [0.15, 0.2) is 0 Å². The van der Waals surface area contributed by atoms with Gasteiger partial charge in [-0.25, -0.2) is 0 Å². The van der Waals surface area contributed by atoms with E-state index in [1.54, 1.807) is 0 Å². The van der Waals surface area contributed by atoms with Crippen molar-refractivity contribution in [2.75, 3.05) is 6.54 Å². The maximum absolute atomic E-state index is 6.22. The maximum Gasteiger partial charge on any atom is 0.00891 e. The van der Waals surface area contributed by atoms with Crippen molar-refractivity contribution in [2.45, 2.75) is 54.0 Å². The van der Waals surface area contributed by atoms with Crippen LogP contribution in [0.4, 0.5) is 0 Å². The van der Waals surface area contributed by atoms with Crippen LogP contribution in [0.3, 0.4) is 0 Å². The first-order valence-electron chi connectivity index (χ1n) is 5.56. The average molecular weight is 200 g/mol. The number of rotatable bonds is 3. The average Bonchev–Trinajstić information content (AvgIpc) is 1.78. The molecule has 0 aromatic rings. The Kier molecular flexibility index (Phi) is 4.60. The maximum atomic E-state index is 6.22. The summed E-state index contributed by atoms with van der Waals surface area (Å²) < 4.78 is 0. The van der Waals surface area contributed by atoms with Crippen molar-refractivity contribution in [1.29, 1.82) is 0 Å². The van der Waals surface area contributed by atoms with Gasteiger partial charge in [0.25, 0.3) is 0 Å². The lowest BCUT2D eigenvalue weighted by molar-refractivity contribution is 0.0731. The van der Waals surface area contributed by atoms with E-state index in [9.17, 15) is 0 Å². The lowest BCUT2D eigenvalue weighted by Crippen LogP contribution is -2.46. The van der Waals surface area contributed by atoms with Gasteiger partial charge in [-0.2, -0.15) is 0 Å². The van der Waals surface area contributed by atoms with Crippen molar-refractivity contribution < 1.29 is 0 Å². The molecule has 0 rings (SSSR count). The summed E-state index contributed by atoms with van der Waals surface area (Å²) in [6.07, 6.45) is 0.916. The predicted molar refractivity (Wildman–Crippen MR) is 64.0 cm³/mol. The van der Waals surface area contributed by atoms with Crippen LogP contribution in [-0.4, -0.2) is 12.6 Å². The second kappa shape index (κ2) is 4.63. The number of hydrogen-bond donors (Lipinski definition) is 2. The zero-order valence-electron chi connectivity index (χ0n) is 10.7. The molecule has 0 aliphatic heterocycles. The third-order valence-corrected chi connectivity index (χ3v) is 2.79. The Labute approximate surface area is 89.4 Å². The summed E-state index contributed by atoms with van der Waals surface area (Å²) in [4.78, 5) is 0. The molecular weight excluding hydrogens is 172 g/mol. The standard InChI is InChI=1S/C12H28N2/c1-11(2,3)10(12(4,5)6)9(14)7-8-13/h9-10H,7-8,13-14H2,1-6H3. The normalized spacial score (nSPS) is 16.1. The van der Waals surface area contributed by atoms with Crippen LogP contribution in [0.2, 0.25) is 0 Å². The zero-order chi connectivity index (χ0) is 11.6. The molecule has 0 amide bonds. The Hall–Kier alpha value is -0.0800. The van der Waals surface area contributed by atoms with E-state index in [4.69, 9.17) is 11.5 Å². The molecule has 4 N–H and O–H groups in total. The fraction of sp³-hybridized carbons (Fsp3) is 1.00. The molecule has 0 radical (unpaired) electrons. The third-order valence-electron chi connectivity index (χ3n) is 2.79. The molecule has 14 heavy (non-hydrogen) atoms. The van der Waals surface area contributed by atoms with Gasteiger partial charge in [0.1, 0.15) is 0 Å².